The Hall–Kier alpha value is -2.14. The fraction of sp³-hybridized carbons (Fsp3) is 0.412. The molecule has 5 nitrogen and oxygen atoms in total. The number of hydrogen-bond donors (Lipinski definition) is 2. The molecule has 0 spiro atoms. The summed E-state index contributed by atoms with van der Waals surface area (Å²) < 4.78 is 2.10. The van der Waals surface area contributed by atoms with Gasteiger partial charge in [-0.15, -0.1) is 0 Å². The van der Waals surface area contributed by atoms with E-state index in [1.165, 1.54) is 5.56 Å². The number of aromatic nitrogens is 2. The van der Waals surface area contributed by atoms with Crippen LogP contribution in [-0.4, -0.2) is 21.0 Å². The summed E-state index contributed by atoms with van der Waals surface area (Å²) in [5.74, 6) is 0.817. The molecule has 0 unspecified atom stereocenters. The van der Waals surface area contributed by atoms with Gasteiger partial charge in [0.15, 0.2) is 0 Å². The summed E-state index contributed by atoms with van der Waals surface area (Å²) in [4.78, 5) is 16.2. The van der Waals surface area contributed by atoms with E-state index in [0.717, 1.165) is 38.1 Å². The first-order valence-electron chi connectivity index (χ1n) is 7.78. The van der Waals surface area contributed by atoms with Gasteiger partial charge < -0.3 is 15.6 Å². The molecular weight excluding hydrogens is 276 g/mol. The number of nitrogens with zero attached hydrogens (tertiary/aromatic N) is 2. The number of benzene rings is 1. The van der Waals surface area contributed by atoms with Crippen LogP contribution in [0.5, 0.6) is 0 Å². The zero-order valence-corrected chi connectivity index (χ0v) is 12.7. The normalized spacial score (nSPS) is 15.5. The Bertz CT molecular complexity index is 631. The number of rotatable bonds is 7. The van der Waals surface area contributed by atoms with Crippen molar-refractivity contribution in [3.63, 3.8) is 0 Å². The molecule has 3 N–H and O–H groups in total. The Labute approximate surface area is 130 Å². The predicted molar refractivity (Wildman–Crippen MR) is 85.0 cm³/mol. The molecule has 1 amide bonds. The highest BCUT2D eigenvalue weighted by Crippen LogP contribution is 2.32. The Morgan fingerprint density at radius 3 is 2.82 bits per heavy atom. The monoisotopic (exact) mass is 298 g/mol. The van der Waals surface area contributed by atoms with Crippen LogP contribution in [0.15, 0.2) is 42.7 Å². The average Bonchev–Trinajstić information content (AvgIpc) is 3.13. The number of nitrogens with two attached hydrogens (primary N) is 1. The van der Waals surface area contributed by atoms with E-state index in [9.17, 15) is 4.79 Å². The summed E-state index contributed by atoms with van der Waals surface area (Å²) in [5.41, 5.74) is 6.60. The highest BCUT2D eigenvalue weighted by Gasteiger charge is 2.45. The first-order chi connectivity index (χ1) is 10.7. The Morgan fingerprint density at radius 2 is 2.09 bits per heavy atom. The second-order valence-electron chi connectivity index (χ2n) is 5.96. The highest BCUT2D eigenvalue weighted by molar-refractivity contribution is 5.88. The summed E-state index contributed by atoms with van der Waals surface area (Å²) in [7, 11) is 0. The van der Waals surface area contributed by atoms with Crippen molar-refractivity contribution in [3.8, 4) is 0 Å². The third-order valence-electron chi connectivity index (χ3n) is 4.16. The van der Waals surface area contributed by atoms with Crippen LogP contribution in [0.1, 0.15) is 30.7 Å². The molecule has 1 fully saturated rings. The van der Waals surface area contributed by atoms with Crippen molar-refractivity contribution in [2.75, 3.05) is 0 Å². The van der Waals surface area contributed by atoms with Crippen molar-refractivity contribution < 1.29 is 4.79 Å². The molecule has 1 aliphatic rings. The minimum absolute atomic E-state index is 0.0636. The Balaban J connectivity index is 1.48. The number of aryl methyl sites for hydroxylation is 2. The van der Waals surface area contributed by atoms with Gasteiger partial charge in [0, 0.05) is 18.9 Å². The third kappa shape index (κ3) is 3.54. The summed E-state index contributed by atoms with van der Waals surface area (Å²) >= 11 is 0. The van der Waals surface area contributed by atoms with E-state index < -0.39 is 5.54 Å². The SMILES string of the molecule is NC1(C(=O)NCc2nccn2CCCc2ccccc2)CC1. The van der Waals surface area contributed by atoms with E-state index in [0.29, 0.717) is 6.54 Å². The van der Waals surface area contributed by atoms with Gasteiger partial charge in [-0.2, -0.15) is 0 Å². The van der Waals surface area contributed by atoms with Gasteiger partial charge in [-0.05, 0) is 31.2 Å². The zero-order chi connectivity index (χ0) is 15.4. The lowest BCUT2D eigenvalue weighted by Gasteiger charge is -2.11. The number of amides is 1. The van der Waals surface area contributed by atoms with Crippen LogP contribution in [0.2, 0.25) is 0 Å². The van der Waals surface area contributed by atoms with Crippen molar-refractivity contribution in [2.24, 2.45) is 5.73 Å². The molecule has 0 radical (unpaired) electrons. The van der Waals surface area contributed by atoms with E-state index in [4.69, 9.17) is 5.73 Å². The largest absolute Gasteiger partial charge is 0.347 e. The van der Waals surface area contributed by atoms with Gasteiger partial charge in [-0.25, -0.2) is 4.98 Å². The highest BCUT2D eigenvalue weighted by atomic mass is 16.2. The van der Waals surface area contributed by atoms with Gasteiger partial charge in [0.2, 0.25) is 5.91 Å². The van der Waals surface area contributed by atoms with E-state index in [-0.39, 0.29) is 5.91 Å². The van der Waals surface area contributed by atoms with Gasteiger partial charge in [0.1, 0.15) is 5.82 Å². The van der Waals surface area contributed by atoms with Crippen LogP contribution in [-0.2, 0) is 24.3 Å². The number of nitrogens with one attached hydrogen (secondary N) is 1. The minimum atomic E-state index is -0.620. The van der Waals surface area contributed by atoms with Crippen molar-refractivity contribution >= 4 is 5.91 Å². The lowest BCUT2D eigenvalue weighted by atomic mass is 10.1. The summed E-state index contributed by atoms with van der Waals surface area (Å²) in [5, 5.41) is 2.89. The second kappa shape index (κ2) is 6.32. The number of carbonyl (C=O) groups is 1. The molecular formula is C17H22N4O. The van der Waals surface area contributed by atoms with Crippen molar-refractivity contribution in [1.29, 1.82) is 0 Å². The standard InChI is InChI=1S/C17H22N4O/c18-17(8-9-17)16(22)20-13-15-19-10-12-21(15)11-4-7-14-5-2-1-3-6-14/h1-3,5-6,10,12H,4,7-9,11,13,18H2,(H,20,22). The molecule has 1 aliphatic carbocycles. The van der Waals surface area contributed by atoms with E-state index >= 15 is 0 Å². The summed E-state index contributed by atoms with van der Waals surface area (Å²) in [6.07, 6.45) is 7.38. The molecule has 1 heterocycles. The molecule has 2 aromatic rings. The van der Waals surface area contributed by atoms with Crippen molar-refractivity contribution in [1.82, 2.24) is 14.9 Å². The molecule has 22 heavy (non-hydrogen) atoms. The van der Waals surface area contributed by atoms with Gasteiger partial charge in [-0.1, -0.05) is 30.3 Å². The van der Waals surface area contributed by atoms with Crippen LogP contribution >= 0.6 is 0 Å². The van der Waals surface area contributed by atoms with Crippen molar-refractivity contribution in [2.45, 2.75) is 44.3 Å². The molecule has 0 atom stereocenters. The fourth-order valence-corrected chi connectivity index (χ4v) is 2.51. The predicted octanol–water partition coefficient (Wildman–Crippen LogP) is 1.62. The lowest BCUT2D eigenvalue weighted by Crippen LogP contribution is -2.42. The maximum absolute atomic E-state index is 11.9. The van der Waals surface area contributed by atoms with Gasteiger partial charge in [0.05, 0.1) is 12.1 Å². The third-order valence-corrected chi connectivity index (χ3v) is 4.16. The molecule has 5 heteroatoms. The van der Waals surface area contributed by atoms with Gasteiger partial charge in [0.25, 0.3) is 0 Å². The van der Waals surface area contributed by atoms with Crippen LogP contribution in [0, 0.1) is 0 Å². The molecule has 0 saturated heterocycles. The first-order valence-corrected chi connectivity index (χ1v) is 7.78. The summed E-state index contributed by atoms with van der Waals surface area (Å²) in [6.45, 7) is 1.34. The minimum Gasteiger partial charge on any atom is -0.347 e. The molecule has 0 bridgehead atoms. The Kier molecular flexibility index (Phi) is 4.24. The van der Waals surface area contributed by atoms with Gasteiger partial charge in [-0.3, -0.25) is 4.79 Å². The van der Waals surface area contributed by atoms with E-state index in [1.807, 2.05) is 12.3 Å². The maximum atomic E-state index is 11.9. The number of carbonyl (C=O) groups excluding carboxylic acids is 1. The lowest BCUT2D eigenvalue weighted by molar-refractivity contribution is -0.123. The van der Waals surface area contributed by atoms with E-state index in [1.54, 1.807) is 6.20 Å². The van der Waals surface area contributed by atoms with Crippen LogP contribution in [0.4, 0.5) is 0 Å². The second-order valence-corrected chi connectivity index (χ2v) is 5.96. The van der Waals surface area contributed by atoms with Crippen LogP contribution < -0.4 is 11.1 Å². The smallest absolute Gasteiger partial charge is 0.240 e. The van der Waals surface area contributed by atoms with Crippen molar-refractivity contribution in [3.05, 3.63) is 54.1 Å². The molecule has 1 saturated carbocycles. The Morgan fingerprint density at radius 1 is 1.32 bits per heavy atom. The molecule has 1 aromatic carbocycles. The summed E-state index contributed by atoms with van der Waals surface area (Å²) in [6, 6.07) is 10.4. The molecule has 1 aromatic heterocycles. The maximum Gasteiger partial charge on any atom is 0.240 e. The molecule has 0 aliphatic heterocycles. The topological polar surface area (TPSA) is 72.9 Å². The fourth-order valence-electron chi connectivity index (χ4n) is 2.51. The average molecular weight is 298 g/mol. The van der Waals surface area contributed by atoms with Crippen LogP contribution in [0.3, 0.4) is 0 Å². The number of imidazole rings is 1. The molecule has 116 valence electrons. The zero-order valence-electron chi connectivity index (χ0n) is 12.7. The van der Waals surface area contributed by atoms with Gasteiger partial charge >= 0.3 is 0 Å². The first kappa shape index (κ1) is 14.8. The number of hydrogen-bond acceptors (Lipinski definition) is 3. The van der Waals surface area contributed by atoms with Crippen LogP contribution in [0.25, 0.3) is 0 Å². The molecule has 3 rings (SSSR count). The van der Waals surface area contributed by atoms with E-state index in [2.05, 4.69) is 39.1 Å². The quantitative estimate of drug-likeness (QED) is 0.816.